The van der Waals surface area contributed by atoms with Gasteiger partial charge in [-0.25, -0.2) is 19.9 Å². The van der Waals surface area contributed by atoms with E-state index in [2.05, 4.69) is 19.8 Å². The molecule has 8 heteroatoms. The van der Waals surface area contributed by atoms with Crippen LogP contribution in [0.1, 0.15) is 18.7 Å². The molecule has 0 atom stereocenters. The van der Waals surface area contributed by atoms with Crippen LogP contribution in [0.2, 0.25) is 0 Å². The molecule has 0 aromatic carbocycles. The Bertz CT molecular complexity index is 940. The molecule has 0 bridgehead atoms. The predicted octanol–water partition coefficient (Wildman–Crippen LogP) is 1.22. The summed E-state index contributed by atoms with van der Waals surface area (Å²) in [4.78, 5) is 21.2. The lowest BCUT2D eigenvalue weighted by atomic mass is 10.2. The molecule has 8 nitrogen and oxygen atoms in total. The van der Waals surface area contributed by atoms with Crippen molar-refractivity contribution >= 4 is 22.8 Å². The number of nitrogens with one attached hydrogen (secondary N) is 1. The van der Waals surface area contributed by atoms with Crippen LogP contribution in [0.15, 0.2) is 18.3 Å². The second-order valence-corrected chi connectivity index (χ2v) is 6.89. The summed E-state index contributed by atoms with van der Waals surface area (Å²) in [5.41, 5.74) is 8.48. The molecular formula is C18H22N8. The zero-order valence-electron chi connectivity index (χ0n) is 14.6. The van der Waals surface area contributed by atoms with Gasteiger partial charge in [-0.1, -0.05) is 0 Å². The third-order valence-electron chi connectivity index (χ3n) is 5.15. The number of hydrogen-bond donors (Lipinski definition) is 2. The van der Waals surface area contributed by atoms with Gasteiger partial charge in [0, 0.05) is 50.9 Å². The maximum atomic E-state index is 5.74. The van der Waals surface area contributed by atoms with Crippen molar-refractivity contribution in [1.82, 2.24) is 29.8 Å². The molecule has 0 amide bonds. The average molecular weight is 350 g/mol. The highest BCUT2D eigenvalue weighted by Gasteiger charge is 2.24. The molecule has 5 heterocycles. The molecule has 0 radical (unpaired) electrons. The first-order valence-corrected chi connectivity index (χ1v) is 9.24. The number of imidazole rings is 1. The van der Waals surface area contributed by atoms with Crippen molar-refractivity contribution in [2.45, 2.75) is 25.8 Å². The van der Waals surface area contributed by atoms with Crippen molar-refractivity contribution in [3.8, 4) is 11.4 Å². The Morgan fingerprint density at radius 3 is 2.69 bits per heavy atom. The first kappa shape index (κ1) is 15.5. The van der Waals surface area contributed by atoms with E-state index in [1.165, 1.54) is 12.8 Å². The highest BCUT2D eigenvalue weighted by molar-refractivity contribution is 5.86. The molecule has 0 aliphatic carbocycles. The van der Waals surface area contributed by atoms with Crippen molar-refractivity contribution in [2.75, 3.05) is 36.8 Å². The molecule has 2 aliphatic rings. The minimum atomic E-state index is 0.499. The fourth-order valence-corrected chi connectivity index (χ4v) is 3.77. The fourth-order valence-electron chi connectivity index (χ4n) is 3.77. The molecular weight excluding hydrogens is 328 g/mol. The van der Waals surface area contributed by atoms with E-state index in [-0.39, 0.29) is 0 Å². The normalized spacial score (nSPS) is 17.5. The highest BCUT2D eigenvalue weighted by atomic mass is 15.3. The van der Waals surface area contributed by atoms with E-state index in [0.29, 0.717) is 11.6 Å². The number of nitrogen functional groups attached to an aromatic ring is 1. The Hall–Kier alpha value is -2.74. The monoisotopic (exact) mass is 350 g/mol. The van der Waals surface area contributed by atoms with Gasteiger partial charge >= 0.3 is 0 Å². The number of piperazine rings is 1. The van der Waals surface area contributed by atoms with E-state index < -0.39 is 0 Å². The van der Waals surface area contributed by atoms with Crippen LogP contribution in [0.4, 0.5) is 11.6 Å². The van der Waals surface area contributed by atoms with E-state index >= 15 is 0 Å². The number of nitrogens with zero attached hydrogens (tertiary/aromatic N) is 6. The fraction of sp³-hybridized carbons (Fsp3) is 0.444. The Kier molecular flexibility index (Phi) is 3.70. The molecule has 26 heavy (non-hydrogen) atoms. The molecule has 1 fully saturated rings. The zero-order chi connectivity index (χ0) is 17.5. The van der Waals surface area contributed by atoms with Gasteiger partial charge < -0.3 is 20.5 Å². The number of pyridine rings is 1. The molecule has 2 aliphatic heterocycles. The maximum absolute atomic E-state index is 5.74. The zero-order valence-corrected chi connectivity index (χ0v) is 14.6. The third-order valence-corrected chi connectivity index (χ3v) is 5.15. The second-order valence-electron chi connectivity index (χ2n) is 6.89. The van der Waals surface area contributed by atoms with Crippen molar-refractivity contribution in [1.29, 1.82) is 0 Å². The van der Waals surface area contributed by atoms with E-state index in [1.807, 2.05) is 6.07 Å². The largest absolute Gasteiger partial charge is 0.384 e. The molecule has 134 valence electrons. The number of hydrogen-bond acceptors (Lipinski definition) is 7. The van der Waals surface area contributed by atoms with Crippen LogP contribution in [-0.4, -0.2) is 50.7 Å². The Balaban J connectivity index is 1.71. The lowest BCUT2D eigenvalue weighted by molar-refractivity contribution is 0.530. The topological polar surface area (TPSA) is 97.8 Å². The van der Waals surface area contributed by atoms with Gasteiger partial charge in [0.15, 0.2) is 22.8 Å². The number of rotatable bonds is 2. The summed E-state index contributed by atoms with van der Waals surface area (Å²) >= 11 is 0. The molecule has 3 aromatic heterocycles. The summed E-state index contributed by atoms with van der Waals surface area (Å²) < 4.78 is 2.26. The smallest absolute Gasteiger partial charge is 0.166 e. The molecule has 3 aromatic rings. The van der Waals surface area contributed by atoms with Crippen LogP contribution in [0.5, 0.6) is 0 Å². The molecule has 0 unspecified atom stereocenters. The van der Waals surface area contributed by atoms with Gasteiger partial charge in [0.2, 0.25) is 0 Å². The summed E-state index contributed by atoms with van der Waals surface area (Å²) in [5.74, 6) is 3.25. The van der Waals surface area contributed by atoms with Gasteiger partial charge in [-0.15, -0.1) is 0 Å². The van der Waals surface area contributed by atoms with Gasteiger partial charge in [0.25, 0.3) is 0 Å². The molecule has 5 rings (SSSR count). The molecule has 0 spiro atoms. The number of anilines is 2. The van der Waals surface area contributed by atoms with Crippen molar-refractivity contribution < 1.29 is 0 Å². The quantitative estimate of drug-likeness (QED) is 0.717. The van der Waals surface area contributed by atoms with Gasteiger partial charge in [-0.05, 0) is 25.0 Å². The van der Waals surface area contributed by atoms with Crippen LogP contribution < -0.4 is 16.0 Å². The summed E-state index contributed by atoms with van der Waals surface area (Å²) in [7, 11) is 0. The number of aryl methyl sites for hydroxylation is 2. The van der Waals surface area contributed by atoms with Crippen LogP contribution in [0.3, 0.4) is 0 Å². The van der Waals surface area contributed by atoms with Gasteiger partial charge in [0.05, 0.1) is 0 Å². The predicted molar refractivity (Wildman–Crippen MR) is 101 cm³/mol. The summed E-state index contributed by atoms with van der Waals surface area (Å²) in [6, 6.07) is 3.72. The first-order chi connectivity index (χ1) is 12.8. The average Bonchev–Trinajstić information content (AvgIpc) is 3.07. The van der Waals surface area contributed by atoms with E-state index in [1.54, 1.807) is 12.3 Å². The summed E-state index contributed by atoms with van der Waals surface area (Å²) in [6.45, 7) is 4.74. The van der Waals surface area contributed by atoms with Crippen molar-refractivity contribution in [3.63, 3.8) is 0 Å². The van der Waals surface area contributed by atoms with Gasteiger partial charge in [-0.2, -0.15) is 0 Å². The third kappa shape index (κ3) is 2.57. The van der Waals surface area contributed by atoms with Gasteiger partial charge in [0.1, 0.15) is 11.6 Å². The van der Waals surface area contributed by atoms with E-state index in [0.717, 1.165) is 67.5 Å². The van der Waals surface area contributed by atoms with Crippen LogP contribution in [0.25, 0.3) is 22.6 Å². The Morgan fingerprint density at radius 1 is 1.00 bits per heavy atom. The van der Waals surface area contributed by atoms with Crippen LogP contribution in [0, 0.1) is 0 Å². The molecule has 1 saturated heterocycles. The SMILES string of the molecule is Nc1ccc(-c2nc(N3CCNCC3)c3nc4n(c3n2)CCCC4)cn1. The minimum absolute atomic E-state index is 0.499. The van der Waals surface area contributed by atoms with Crippen LogP contribution >= 0.6 is 0 Å². The number of aromatic nitrogens is 5. The van der Waals surface area contributed by atoms with Gasteiger partial charge in [-0.3, -0.25) is 0 Å². The lowest BCUT2D eigenvalue weighted by Crippen LogP contribution is -2.44. The van der Waals surface area contributed by atoms with Crippen molar-refractivity contribution in [2.24, 2.45) is 0 Å². The summed E-state index contributed by atoms with van der Waals surface area (Å²) in [6.07, 6.45) is 5.11. The maximum Gasteiger partial charge on any atom is 0.166 e. The lowest BCUT2D eigenvalue weighted by Gasteiger charge is -2.28. The standard InChI is InChI=1S/C18H22N8/c19-13-5-4-12(11-21-13)16-23-17(25-9-6-20-7-10-25)15-18(24-16)26-8-2-1-3-14(26)22-15/h4-5,11,20H,1-3,6-10H2,(H2,19,21). The first-order valence-electron chi connectivity index (χ1n) is 9.24. The van der Waals surface area contributed by atoms with E-state index in [4.69, 9.17) is 20.7 Å². The Morgan fingerprint density at radius 2 is 1.88 bits per heavy atom. The van der Waals surface area contributed by atoms with E-state index in [9.17, 15) is 0 Å². The highest BCUT2D eigenvalue weighted by Crippen LogP contribution is 2.30. The molecule has 3 N–H and O–H groups in total. The number of fused-ring (bicyclic) bond motifs is 3. The molecule has 0 saturated carbocycles. The minimum Gasteiger partial charge on any atom is -0.384 e. The van der Waals surface area contributed by atoms with Crippen LogP contribution in [-0.2, 0) is 13.0 Å². The van der Waals surface area contributed by atoms with Crippen molar-refractivity contribution in [3.05, 3.63) is 24.2 Å². The summed E-state index contributed by atoms with van der Waals surface area (Å²) in [5, 5.41) is 3.40. The second kappa shape index (κ2) is 6.21. The Labute approximate surface area is 151 Å². The number of nitrogens with two attached hydrogens (primary N) is 1.